The van der Waals surface area contributed by atoms with Crippen molar-refractivity contribution < 1.29 is 12.8 Å². The number of rotatable bonds is 6. The van der Waals surface area contributed by atoms with Crippen molar-refractivity contribution in [1.29, 1.82) is 0 Å². The third-order valence-electron chi connectivity index (χ3n) is 2.23. The minimum Gasteiger partial charge on any atom is -0.445 e. The molecule has 1 heterocycles. The van der Waals surface area contributed by atoms with E-state index in [4.69, 9.17) is 4.42 Å². The first-order valence-electron chi connectivity index (χ1n) is 6.02. The summed E-state index contributed by atoms with van der Waals surface area (Å²) in [6, 6.07) is 0. The molecule has 18 heavy (non-hydrogen) atoms. The molecule has 1 rings (SSSR count). The smallest absolute Gasteiger partial charge is 0.194 e. The van der Waals surface area contributed by atoms with Gasteiger partial charge in [-0.05, 0) is 33.7 Å². The van der Waals surface area contributed by atoms with Crippen LogP contribution in [0.4, 0.5) is 0 Å². The predicted molar refractivity (Wildman–Crippen MR) is 71.1 cm³/mol. The van der Waals surface area contributed by atoms with E-state index in [1.807, 2.05) is 0 Å². The molecule has 0 aliphatic heterocycles. The van der Waals surface area contributed by atoms with Crippen molar-refractivity contribution in [1.82, 2.24) is 10.3 Å². The normalized spacial score (nSPS) is 12.9. The van der Waals surface area contributed by atoms with Gasteiger partial charge in [-0.2, -0.15) is 0 Å². The summed E-state index contributed by atoms with van der Waals surface area (Å²) in [7, 11) is -3.05. The summed E-state index contributed by atoms with van der Waals surface area (Å²) in [6.07, 6.45) is 4.30. The molecular weight excluding hydrogens is 252 g/mol. The zero-order valence-electron chi connectivity index (χ0n) is 11.5. The minimum atomic E-state index is -3.05. The van der Waals surface area contributed by atoms with Crippen molar-refractivity contribution in [3.05, 3.63) is 17.8 Å². The average Bonchev–Trinajstić information content (AvgIpc) is 2.56. The van der Waals surface area contributed by atoms with E-state index < -0.39 is 9.84 Å². The van der Waals surface area contributed by atoms with Crippen LogP contribution in [0.1, 0.15) is 38.8 Å². The van der Waals surface area contributed by atoms with Crippen LogP contribution in [0.2, 0.25) is 0 Å². The molecule has 5 nitrogen and oxygen atoms in total. The van der Waals surface area contributed by atoms with Gasteiger partial charge in [-0.1, -0.05) is 0 Å². The van der Waals surface area contributed by atoms with Gasteiger partial charge in [-0.15, -0.1) is 0 Å². The molecule has 0 radical (unpaired) electrons. The molecule has 104 valence electrons. The van der Waals surface area contributed by atoms with Gasteiger partial charge in [0, 0.05) is 18.2 Å². The molecular formula is C12H22N2O3S. The average molecular weight is 274 g/mol. The van der Waals surface area contributed by atoms with Gasteiger partial charge in [0.2, 0.25) is 0 Å². The molecule has 0 aliphatic rings. The number of hydrogen-bond acceptors (Lipinski definition) is 5. The van der Waals surface area contributed by atoms with E-state index in [2.05, 4.69) is 31.1 Å². The fourth-order valence-corrected chi connectivity index (χ4v) is 2.14. The Morgan fingerprint density at radius 2 is 2.06 bits per heavy atom. The van der Waals surface area contributed by atoms with Crippen LogP contribution in [0.3, 0.4) is 0 Å². The first kappa shape index (κ1) is 15.2. The van der Waals surface area contributed by atoms with Crippen molar-refractivity contribution in [3.8, 4) is 0 Å². The summed E-state index contributed by atoms with van der Waals surface area (Å²) < 4.78 is 27.5. The van der Waals surface area contributed by atoms with Gasteiger partial charge < -0.3 is 9.73 Å². The second-order valence-electron chi connectivity index (χ2n) is 5.57. The lowest BCUT2D eigenvalue weighted by Crippen LogP contribution is -2.36. The van der Waals surface area contributed by atoms with E-state index in [1.165, 1.54) is 12.5 Å². The summed E-state index contributed by atoms with van der Waals surface area (Å²) in [5.74, 6) is 0.931. The largest absolute Gasteiger partial charge is 0.445 e. The predicted octanol–water partition coefficient (Wildman–Crippen LogP) is 1.54. The van der Waals surface area contributed by atoms with Crippen molar-refractivity contribution in [3.63, 3.8) is 0 Å². The van der Waals surface area contributed by atoms with Crippen molar-refractivity contribution in [2.75, 3.05) is 12.8 Å². The molecule has 0 atom stereocenters. The van der Waals surface area contributed by atoms with Crippen LogP contribution in [-0.4, -0.2) is 31.7 Å². The topological polar surface area (TPSA) is 72.2 Å². The van der Waals surface area contributed by atoms with Gasteiger partial charge >= 0.3 is 0 Å². The van der Waals surface area contributed by atoms with Crippen molar-refractivity contribution >= 4 is 9.84 Å². The van der Waals surface area contributed by atoms with E-state index in [-0.39, 0.29) is 11.3 Å². The Morgan fingerprint density at radius 3 is 2.61 bits per heavy atom. The quantitative estimate of drug-likeness (QED) is 0.797. The molecule has 1 aromatic heterocycles. The summed E-state index contributed by atoms with van der Waals surface area (Å²) in [5, 5.41) is 3.37. The Hall–Kier alpha value is -0.880. The van der Waals surface area contributed by atoms with Gasteiger partial charge in [-0.25, -0.2) is 13.4 Å². The van der Waals surface area contributed by atoms with Crippen molar-refractivity contribution in [2.24, 2.45) is 0 Å². The third-order valence-corrected chi connectivity index (χ3v) is 3.04. The monoisotopic (exact) mass is 274 g/mol. The lowest BCUT2D eigenvalue weighted by atomic mass is 10.1. The Bertz CT molecular complexity index is 472. The number of aromatic nitrogens is 1. The second-order valence-corrected chi connectivity index (χ2v) is 7.71. The molecule has 1 N–H and O–H groups in total. The number of nitrogens with one attached hydrogen (secondary N) is 1. The molecule has 0 amide bonds. The van der Waals surface area contributed by atoms with E-state index in [0.717, 1.165) is 13.0 Å². The van der Waals surface area contributed by atoms with Crippen LogP contribution in [-0.2, 0) is 22.0 Å². The maximum Gasteiger partial charge on any atom is 0.194 e. The standard InChI is InChI=1S/C12H22N2O3S/c1-12(2,3)14-7-5-6-11-13-8-10(17-11)9-18(4,15)16/h8,14H,5-7,9H2,1-4H3. The summed E-state index contributed by atoms with van der Waals surface area (Å²) in [6.45, 7) is 7.22. The Balaban J connectivity index is 2.36. The summed E-state index contributed by atoms with van der Waals surface area (Å²) in [5.41, 5.74) is 0.109. The Morgan fingerprint density at radius 1 is 1.39 bits per heavy atom. The van der Waals surface area contributed by atoms with Gasteiger partial charge in [0.1, 0.15) is 11.5 Å². The SMILES string of the molecule is CC(C)(C)NCCCc1ncc(CS(C)(=O)=O)o1. The molecule has 0 aromatic carbocycles. The van der Waals surface area contributed by atoms with Crippen LogP contribution in [0.25, 0.3) is 0 Å². The molecule has 0 saturated heterocycles. The minimum absolute atomic E-state index is 0.0831. The summed E-state index contributed by atoms with van der Waals surface area (Å²) >= 11 is 0. The highest BCUT2D eigenvalue weighted by molar-refractivity contribution is 7.89. The van der Waals surface area contributed by atoms with E-state index in [0.29, 0.717) is 18.1 Å². The number of oxazole rings is 1. The fraction of sp³-hybridized carbons (Fsp3) is 0.750. The molecule has 0 aliphatic carbocycles. The molecule has 0 unspecified atom stereocenters. The lowest BCUT2D eigenvalue weighted by Gasteiger charge is -2.19. The van der Waals surface area contributed by atoms with E-state index >= 15 is 0 Å². The zero-order valence-corrected chi connectivity index (χ0v) is 12.3. The van der Waals surface area contributed by atoms with E-state index in [9.17, 15) is 8.42 Å². The number of sulfone groups is 1. The first-order valence-corrected chi connectivity index (χ1v) is 8.08. The highest BCUT2D eigenvalue weighted by Gasteiger charge is 2.11. The number of aryl methyl sites for hydroxylation is 1. The van der Waals surface area contributed by atoms with Gasteiger partial charge in [-0.3, -0.25) is 0 Å². The number of nitrogens with zero attached hydrogens (tertiary/aromatic N) is 1. The van der Waals surface area contributed by atoms with Crippen LogP contribution in [0.5, 0.6) is 0 Å². The third kappa shape index (κ3) is 6.76. The maximum atomic E-state index is 11.1. The van der Waals surface area contributed by atoms with Crippen LogP contribution in [0, 0.1) is 0 Å². The summed E-state index contributed by atoms with van der Waals surface area (Å²) in [4.78, 5) is 4.08. The second kappa shape index (κ2) is 5.84. The molecule has 0 bridgehead atoms. The zero-order chi connectivity index (χ0) is 13.8. The molecule has 1 aromatic rings. The van der Waals surface area contributed by atoms with Gasteiger partial charge in [0.05, 0.1) is 6.20 Å². The fourth-order valence-electron chi connectivity index (χ4n) is 1.49. The molecule has 6 heteroatoms. The molecule has 0 spiro atoms. The first-order chi connectivity index (χ1) is 8.16. The Labute approximate surface area is 109 Å². The van der Waals surface area contributed by atoms with Crippen molar-refractivity contribution in [2.45, 2.75) is 44.9 Å². The van der Waals surface area contributed by atoms with Crippen LogP contribution in [0.15, 0.2) is 10.6 Å². The van der Waals surface area contributed by atoms with Crippen LogP contribution < -0.4 is 5.32 Å². The number of hydrogen-bond donors (Lipinski definition) is 1. The molecule has 0 saturated carbocycles. The Kier molecular flexibility index (Phi) is 4.92. The van der Waals surface area contributed by atoms with E-state index in [1.54, 1.807) is 0 Å². The van der Waals surface area contributed by atoms with Gasteiger partial charge in [0.25, 0.3) is 0 Å². The maximum absolute atomic E-state index is 11.1. The highest BCUT2D eigenvalue weighted by atomic mass is 32.2. The van der Waals surface area contributed by atoms with Crippen LogP contribution >= 0.6 is 0 Å². The molecule has 0 fully saturated rings. The highest BCUT2D eigenvalue weighted by Crippen LogP contribution is 2.09. The lowest BCUT2D eigenvalue weighted by molar-refractivity contribution is 0.407. The van der Waals surface area contributed by atoms with Gasteiger partial charge in [0.15, 0.2) is 15.7 Å².